The summed E-state index contributed by atoms with van der Waals surface area (Å²) >= 11 is 0. The van der Waals surface area contributed by atoms with Gasteiger partial charge < -0.3 is 10.1 Å². The first-order valence-corrected chi connectivity index (χ1v) is 8.47. The van der Waals surface area contributed by atoms with E-state index in [1.165, 1.54) is 57.4 Å². The van der Waals surface area contributed by atoms with Crippen LogP contribution in [0.3, 0.4) is 0 Å². The average molecular weight is 323 g/mol. The van der Waals surface area contributed by atoms with Crippen LogP contribution in [0.4, 0.5) is 0 Å². The van der Waals surface area contributed by atoms with Crippen molar-refractivity contribution < 1.29 is 4.74 Å². The van der Waals surface area contributed by atoms with Gasteiger partial charge in [0.1, 0.15) is 5.75 Å². The van der Waals surface area contributed by atoms with Gasteiger partial charge in [0.15, 0.2) is 0 Å². The molecule has 1 unspecified atom stereocenters. The Morgan fingerprint density at radius 3 is 2.86 bits per heavy atom. The van der Waals surface area contributed by atoms with E-state index in [9.17, 15) is 0 Å². The first-order chi connectivity index (χ1) is 10.3. The van der Waals surface area contributed by atoms with E-state index in [2.05, 4.69) is 34.5 Å². The maximum atomic E-state index is 6.05. The molecule has 1 aliphatic carbocycles. The van der Waals surface area contributed by atoms with Crippen LogP contribution in [-0.2, 0) is 6.54 Å². The Bertz CT molecular complexity index is 498. The molecule has 22 heavy (non-hydrogen) atoms. The summed E-state index contributed by atoms with van der Waals surface area (Å²) in [6, 6.07) is 8.61. The minimum atomic E-state index is 0. The summed E-state index contributed by atoms with van der Waals surface area (Å²) in [4.78, 5) is 2.62. The number of ether oxygens (including phenoxy) is 1. The molecule has 4 rings (SSSR count). The van der Waals surface area contributed by atoms with E-state index < -0.39 is 0 Å². The molecule has 122 valence electrons. The Kier molecular flexibility index (Phi) is 4.96. The zero-order valence-corrected chi connectivity index (χ0v) is 14.0. The van der Waals surface area contributed by atoms with Crippen LogP contribution in [0.2, 0.25) is 0 Å². The molecule has 1 atom stereocenters. The number of likely N-dealkylation sites (tertiary alicyclic amines) is 1. The molecule has 1 spiro atoms. The summed E-state index contributed by atoms with van der Waals surface area (Å²) < 4.78 is 6.05. The number of hydrogen-bond acceptors (Lipinski definition) is 3. The average Bonchev–Trinajstić information content (AvgIpc) is 3.10. The summed E-state index contributed by atoms with van der Waals surface area (Å²) in [6.07, 6.45) is 5.40. The van der Waals surface area contributed by atoms with Gasteiger partial charge in [-0.15, -0.1) is 12.4 Å². The zero-order valence-electron chi connectivity index (χ0n) is 13.2. The quantitative estimate of drug-likeness (QED) is 0.901. The van der Waals surface area contributed by atoms with Crippen LogP contribution < -0.4 is 10.1 Å². The molecule has 1 saturated carbocycles. The highest BCUT2D eigenvalue weighted by atomic mass is 35.5. The van der Waals surface area contributed by atoms with Crippen molar-refractivity contribution >= 4 is 12.4 Å². The largest absolute Gasteiger partial charge is 0.493 e. The second-order valence-corrected chi connectivity index (χ2v) is 7.25. The second-order valence-electron chi connectivity index (χ2n) is 7.25. The monoisotopic (exact) mass is 322 g/mol. The third kappa shape index (κ3) is 3.58. The first-order valence-electron chi connectivity index (χ1n) is 8.47. The maximum absolute atomic E-state index is 6.05. The van der Waals surface area contributed by atoms with Crippen molar-refractivity contribution in [3.63, 3.8) is 0 Å². The molecule has 0 aromatic heterocycles. The van der Waals surface area contributed by atoms with Crippen LogP contribution in [0, 0.1) is 11.3 Å². The van der Waals surface area contributed by atoms with Gasteiger partial charge in [-0.1, -0.05) is 18.2 Å². The first kappa shape index (κ1) is 16.1. The molecular formula is C18H27ClN2O. The number of hydrogen-bond donors (Lipinski definition) is 1. The molecule has 2 heterocycles. The topological polar surface area (TPSA) is 24.5 Å². The third-order valence-corrected chi connectivity index (χ3v) is 5.39. The van der Waals surface area contributed by atoms with Crippen molar-refractivity contribution in [1.82, 2.24) is 10.2 Å². The van der Waals surface area contributed by atoms with Crippen molar-refractivity contribution in [3.8, 4) is 5.75 Å². The predicted octanol–water partition coefficient (Wildman–Crippen LogP) is 3.08. The van der Waals surface area contributed by atoms with Crippen LogP contribution in [0.5, 0.6) is 5.75 Å². The van der Waals surface area contributed by atoms with Crippen molar-refractivity contribution in [1.29, 1.82) is 0 Å². The molecule has 1 aromatic rings. The van der Waals surface area contributed by atoms with Gasteiger partial charge in [0, 0.05) is 25.2 Å². The van der Waals surface area contributed by atoms with Crippen LogP contribution in [-0.4, -0.2) is 37.7 Å². The molecule has 0 amide bonds. The Morgan fingerprint density at radius 1 is 1.23 bits per heavy atom. The van der Waals surface area contributed by atoms with E-state index in [-0.39, 0.29) is 12.4 Å². The van der Waals surface area contributed by atoms with Crippen LogP contribution in [0.25, 0.3) is 0 Å². The van der Waals surface area contributed by atoms with E-state index in [4.69, 9.17) is 4.74 Å². The van der Waals surface area contributed by atoms with Crippen molar-refractivity contribution in [2.75, 3.05) is 32.8 Å². The molecule has 1 aromatic carbocycles. The number of halogens is 1. The molecule has 3 aliphatic rings. The maximum Gasteiger partial charge on any atom is 0.123 e. The van der Waals surface area contributed by atoms with E-state index >= 15 is 0 Å². The third-order valence-electron chi connectivity index (χ3n) is 5.39. The zero-order chi connectivity index (χ0) is 14.1. The lowest BCUT2D eigenvalue weighted by atomic mass is 9.86. The fraction of sp³-hybridized carbons (Fsp3) is 0.667. The van der Waals surface area contributed by atoms with Gasteiger partial charge in [-0.2, -0.15) is 0 Å². The fourth-order valence-corrected chi connectivity index (χ4v) is 3.81. The normalized spacial score (nSPS) is 28.0. The van der Waals surface area contributed by atoms with Gasteiger partial charge >= 0.3 is 0 Å². The Labute approximate surface area is 139 Å². The standard InChI is InChI=1S/C18H26N2O.ClH/c1-2-4-17(21-12-15-5-6-15)16(3-1)11-20-10-8-18(14-20)7-9-19-13-18;/h1-4,15,19H,5-14H2;1H. The Hall–Kier alpha value is -0.770. The lowest BCUT2D eigenvalue weighted by Crippen LogP contribution is -2.29. The molecule has 2 saturated heterocycles. The number of para-hydroxylation sites is 1. The van der Waals surface area contributed by atoms with Gasteiger partial charge in [-0.25, -0.2) is 0 Å². The number of nitrogens with one attached hydrogen (secondary N) is 1. The smallest absolute Gasteiger partial charge is 0.123 e. The summed E-state index contributed by atoms with van der Waals surface area (Å²) in [6.45, 7) is 6.85. The lowest BCUT2D eigenvalue weighted by Gasteiger charge is -2.23. The molecule has 1 N–H and O–H groups in total. The van der Waals surface area contributed by atoms with Gasteiger partial charge in [0.2, 0.25) is 0 Å². The molecule has 3 fully saturated rings. The Balaban J connectivity index is 0.00000144. The summed E-state index contributed by atoms with van der Waals surface area (Å²) in [5.74, 6) is 1.92. The van der Waals surface area contributed by atoms with Crippen LogP contribution in [0.15, 0.2) is 24.3 Å². The molecule has 4 heteroatoms. The SMILES string of the molecule is Cl.c1ccc(OCC2CC2)c(CN2CCC3(CCNC3)C2)c1. The minimum Gasteiger partial charge on any atom is -0.493 e. The molecule has 2 aliphatic heterocycles. The Morgan fingerprint density at radius 2 is 2.09 bits per heavy atom. The molecule has 0 bridgehead atoms. The van der Waals surface area contributed by atoms with Crippen LogP contribution >= 0.6 is 12.4 Å². The van der Waals surface area contributed by atoms with E-state index in [1.54, 1.807) is 0 Å². The van der Waals surface area contributed by atoms with Crippen molar-refractivity contribution in [2.45, 2.75) is 32.2 Å². The minimum absolute atomic E-state index is 0. The highest BCUT2D eigenvalue weighted by Gasteiger charge is 2.40. The summed E-state index contributed by atoms with van der Waals surface area (Å²) in [7, 11) is 0. The number of benzene rings is 1. The predicted molar refractivity (Wildman–Crippen MR) is 91.7 cm³/mol. The highest BCUT2D eigenvalue weighted by molar-refractivity contribution is 5.85. The highest BCUT2D eigenvalue weighted by Crippen LogP contribution is 2.37. The molecule has 3 nitrogen and oxygen atoms in total. The van der Waals surface area contributed by atoms with E-state index in [1.807, 2.05) is 0 Å². The lowest BCUT2D eigenvalue weighted by molar-refractivity contribution is 0.257. The van der Waals surface area contributed by atoms with E-state index in [0.717, 1.165) is 24.8 Å². The van der Waals surface area contributed by atoms with Gasteiger partial charge in [0.05, 0.1) is 6.61 Å². The number of rotatable bonds is 5. The molecule has 0 radical (unpaired) electrons. The summed E-state index contributed by atoms with van der Waals surface area (Å²) in [5.41, 5.74) is 1.92. The van der Waals surface area contributed by atoms with E-state index in [0.29, 0.717) is 5.41 Å². The van der Waals surface area contributed by atoms with Crippen LogP contribution in [0.1, 0.15) is 31.2 Å². The van der Waals surface area contributed by atoms with Gasteiger partial charge in [-0.05, 0) is 56.2 Å². The fourth-order valence-electron chi connectivity index (χ4n) is 3.81. The van der Waals surface area contributed by atoms with Gasteiger partial charge in [-0.3, -0.25) is 4.90 Å². The van der Waals surface area contributed by atoms with Gasteiger partial charge in [0.25, 0.3) is 0 Å². The molecular weight excluding hydrogens is 296 g/mol. The summed E-state index contributed by atoms with van der Waals surface area (Å²) in [5, 5.41) is 3.54. The second kappa shape index (κ2) is 6.77. The number of nitrogens with zero attached hydrogens (tertiary/aromatic N) is 1. The van der Waals surface area contributed by atoms with Crippen molar-refractivity contribution in [2.24, 2.45) is 11.3 Å². The van der Waals surface area contributed by atoms with Crippen molar-refractivity contribution in [3.05, 3.63) is 29.8 Å².